The second-order valence-corrected chi connectivity index (χ2v) is 5.17. The quantitative estimate of drug-likeness (QED) is 0.889. The van der Waals surface area contributed by atoms with Gasteiger partial charge in [-0.2, -0.15) is 0 Å². The zero-order valence-electron chi connectivity index (χ0n) is 11.8. The van der Waals surface area contributed by atoms with E-state index in [9.17, 15) is 0 Å². The van der Waals surface area contributed by atoms with Gasteiger partial charge in [0.25, 0.3) is 0 Å². The fourth-order valence-electron chi connectivity index (χ4n) is 2.62. The summed E-state index contributed by atoms with van der Waals surface area (Å²) in [5, 5.41) is 0. The third kappa shape index (κ3) is 2.09. The normalized spacial score (nSPS) is 21.0. The molecule has 1 aliphatic heterocycles. The van der Waals surface area contributed by atoms with Crippen molar-refractivity contribution >= 4 is 5.96 Å². The first-order valence-corrected chi connectivity index (χ1v) is 6.70. The highest BCUT2D eigenvalue weighted by molar-refractivity contribution is 5.80. The summed E-state index contributed by atoms with van der Waals surface area (Å²) < 4.78 is 0. The van der Waals surface area contributed by atoms with E-state index in [-0.39, 0.29) is 0 Å². The van der Waals surface area contributed by atoms with E-state index in [0.717, 1.165) is 13.0 Å². The Morgan fingerprint density at radius 3 is 2.83 bits per heavy atom. The molecular weight excluding hydrogens is 222 g/mol. The summed E-state index contributed by atoms with van der Waals surface area (Å²) in [6, 6.07) is 7.23. The molecule has 3 nitrogen and oxygen atoms in total. The van der Waals surface area contributed by atoms with Crippen LogP contribution >= 0.6 is 0 Å². The molecule has 0 saturated heterocycles. The van der Waals surface area contributed by atoms with Gasteiger partial charge in [0.05, 0.1) is 12.6 Å². The first kappa shape index (κ1) is 12.9. The molecule has 2 atom stereocenters. The van der Waals surface area contributed by atoms with Gasteiger partial charge in [-0.25, -0.2) is 0 Å². The Hall–Kier alpha value is -1.51. The van der Waals surface area contributed by atoms with E-state index < -0.39 is 0 Å². The zero-order valence-corrected chi connectivity index (χ0v) is 11.8. The average molecular weight is 245 g/mol. The lowest BCUT2D eigenvalue weighted by Crippen LogP contribution is -2.42. The first-order valence-electron chi connectivity index (χ1n) is 6.70. The van der Waals surface area contributed by atoms with Crippen LogP contribution in [0, 0.1) is 13.8 Å². The van der Waals surface area contributed by atoms with Crippen molar-refractivity contribution in [3.63, 3.8) is 0 Å². The summed E-state index contributed by atoms with van der Waals surface area (Å²) in [6.07, 6.45) is 1.08. The molecular formula is C15H23N3. The number of rotatable bonds is 3. The minimum Gasteiger partial charge on any atom is -0.370 e. The van der Waals surface area contributed by atoms with E-state index in [1.54, 1.807) is 0 Å². The maximum Gasteiger partial charge on any atom is 0.192 e. The highest BCUT2D eigenvalue weighted by atomic mass is 15.3. The summed E-state index contributed by atoms with van der Waals surface area (Å²) in [6.45, 7) is 9.53. The molecule has 0 spiro atoms. The largest absolute Gasteiger partial charge is 0.370 e. The van der Waals surface area contributed by atoms with Crippen molar-refractivity contribution in [1.82, 2.24) is 4.90 Å². The molecule has 0 aromatic heterocycles. The lowest BCUT2D eigenvalue weighted by molar-refractivity contribution is 0.268. The van der Waals surface area contributed by atoms with Gasteiger partial charge in [0, 0.05) is 6.04 Å². The van der Waals surface area contributed by atoms with Crippen molar-refractivity contribution < 1.29 is 0 Å². The van der Waals surface area contributed by atoms with E-state index in [1.807, 2.05) is 0 Å². The number of aryl methyl sites for hydroxylation is 1. The van der Waals surface area contributed by atoms with E-state index in [4.69, 9.17) is 5.73 Å². The van der Waals surface area contributed by atoms with Crippen LogP contribution in [-0.4, -0.2) is 23.4 Å². The first-order chi connectivity index (χ1) is 8.56. The third-order valence-corrected chi connectivity index (χ3v) is 4.10. The van der Waals surface area contributed by atoms with Gasteiger partial charge in [0.15, 0.2) is 5.96 Å². The summed E-state index contributed by atoms with van der Waals surface area (Å²) in [5.74, 6) is 0.690. The predicted molar refractivity (Wildman–Crippen MR) is 76.7 cm³/mol. The van der Waals surface area contributed by atoms with Gasteiger partial charge < -0.3 is 10.6 Å². The van der Waals surface area contributed by atoms with Crippen LogP contribution in [0.5, 0.6) is 0 Å². The minimum atomic E-state index is 0.305. The molecule has 0 fully saturated rings. The van der Waals surface area contributed by atoms with Crippen molar-refractivity contribution in [1.29, 1.82) is 0 Å². The van der Waals surface area contributed by atoms with Gasteiger partial charge >= 0.3 is 0 Å². The molecule has 3 heteroatoms. The van der Waals surface area contributed by atoms with Crippen molar-refractivity contribution in [2.24, 2.45) is 10.7 Å². The molecule has 1 heterocycles. The number of nitrogens with zero attached hydrogens (tertiary/aromatic N) is 2. The fraction of sp³-hybridized carbons (Fsp3) is 0.533. The smallest absolute Gasteiger partial charge is 0.192 e. The minimum absolute atomic E-state index is 0.305. The summed E-state index contributed by atoms with van der Waals surface area (Å²) >= 11 is 0. The molecule has 2 N–H and O–H groups in total. The van der Waals surface area contributed by atoms with Crippen LogP contribution in [0.25, 0.3) is 0 Å². The Balaban J connectivity index is 2.36. The van der Waals surface area contributed by atoms with Crippen LogP contribution in [0.4, 0.5) is 0 Å². The Bertz CT molecular complexity index is 465. The molecule has 98 valence electrons. The van der Waals surface area contributed by atoms with E-state index in [1.165, 1.54) is 16.7 Å². The monoisotopic (exact) mass is 245 g/mol. The molecule has 2 rings (SSSR count). The van der Waals surface area contributed by atoms with Gasteiger partial charge in [0.1, 0.15) is 0 Å². The predicted octanol–water partition coefficient (Wildman–Crippen LogP) is 2.77. The molecule has 1 aromatic rings. The fourth-order valence-corrected chi connectivity index (χ4v) is 2.62. The number of hydrogen-bond donors (Lipinski definition) is 1. The Morgan fingerprint density at radius 2 is 2.17 bits per heavy atom. The Morgan fingerprint density at radius 1 is 1.44 bits per heavy atom. The number of guanidine groups is 1. The molecule has 0 bridgehead atoms. The molecule has 1 aliphatic rings. The number of hydrogen-bond acceptors (Lipinski definition) is 3. The van der Waals surface area contributed by atoms with Crippen LogP contribution in [0.1, 0.15) is 43.0 Å². The van der Waals surface area contributed by atoms with Crippen LogP contribution in [-0.2, 0) is 0 Å². The average Bonchev–Trinajstić information content (AvgIpc) is 2.73. The molecule has 2 unspecified atom stereocenters. The maximum atomic E-state index is 6.05. The lowest BCUT2D eigenvalue weighted by atomic mass is 9.96. The van der Waals surface area contributed by atoms with Crippen LogP contribution in [0.15, 0.2) is 23.2 Å². The number of benzene rings is 1. The Kier molecular flexibility index (Phi) is 3.60. The molecule has 0 radical (unpaired) electrons. The highest BCUT2D eigenvalue weighted by Crippen LogP contribution is 2.31. The molecule has 0 amide bonds. The standard InChI is InChI=1S/C15H23N3/c1-5-11(3)18-14(9-17-15(18)16)13-8-6-7-10(2)12(13)4/h6-8,11,14H,5,9H2,1-4H3,(H2,16,17). The second kappa shape index (κ2) is 5.01. The van der Waals surface area contributed by atoms with E-state index in [0.29, 0.717) is 18.0 Å². The Labute approximate surface area is 110 Å². The SMILES string of the molecule is CCC(C)N1C(N)=NCC1c1cccc(C)c1C. The second-order valence-electron chi connectivity index (χ2n) is 5.17. The van der Waals surface area contributed by atoms with Crippen LogP contribution < -0.4 is 5.73 Å². The molecule has 1 aromatic carbocycles. The topological polar surface area (TPSA) is 41.6 Å². The molecule has 0 saturated carbocycles. The third-order valence-electron chi connectivity index (χ3n) is 4.10. The highest BCUT2D eigenvalue weighted by Gasteiger charge is 2.31. The van der Waals surface area contributed by atoms with Crippen LogP contribution in [0.3, 0.4) is 0 Å². The zero-order chi connectivity index (χ0) is 13.3. The molecule has 0 aliphatic carbocycles. The van der Waals surface area contributed by atoms with Crippen LogP contribution in [0.2, 0.25) is 0 Å². The number of nitrogens with two attached hydrogens (primary N) is 1. The number of aliphatic imine (C=N–C) groups is 1. The lowest BCUT2D eigenvalue weighted by Gasteiger charge is -2.33. The van der Waals surface area contributed by atoms with E-state index >= 15 is 0 Å². The summed E-state index contributed by atoms with van der Waals surface area (Å²) in [5.41, 5.74) is 10.1. The van der Waals surface area contributed by atoms with Crippen molar-refractivity contribution in [2.75, 3.05) is 6.54 Å². The van der Waals surface area contributed by atoms with Gasteiger partial charge in [-0.15, -0.1) is 0 Å². The van der Waals surface area contributed by atoms with E-state index in [2.05, 4.69) is 55.8 Å². The maximum absolute atomic E-state index is 6.05. The van der Waals surface area contributed by atoms with Crippen molar-refractivity contribution in [3.8, 4) is 0 Å². The summed E-state index contributed by atoms with van der Waals surface area (Å²) in [4.78, 5) is 6.70. The molecule has 18 heavy (non-hydrogen) atoms. The van der Waals surface area contributed by atoms with Gasteiger partial charge in [-0.05, 0) is 43.9 Å². The van der Waals surface area contributed by atoms with Gasteiger partial charge in [-0.3, -0.25) is 4.99 Å². The van der Waals surface area contributed by atoms with Crippen molar-refractivity contribution in [3.05, 3.63) is 34.9 Å². The van der Waals surface area contributed by atoms with Crippen molar-refractivity contribution in [2.45, 2.75) is 46.2 Å². The van der Waals surface area contributed by atoms with Gasteiger partial charge in [0.2, 0.25) is 0 Å². The van der Waals surface area contributed by atoms with Gasteiger partial charge in [-0.1, -0.05) is 25.1 Å². The summed E-state index contributed by atoms with van der Waals surface area (Å²) in [7, 11) is 0.